The van der Waals surface area contributed by atoms with E-state index >= 15 is 0 Å². The van der Waals surface area contributed by atoms with Gasteiger partial charge in [0.05, 0.1) is 16.9 Å². The predicted molar refractivity (Wildman–Crippen MR) is 114 cm³/mol. The molecule has 162 valence electrons. The Balaban J connectivity index is 1.52. The summed E-state index contributed by atoms with van der Waals surface area (Å²) in [5, 5.41) is 6.97. The molecule has 0 aliphatic heterocycles. The van der Waals surface area contributed by atoms with Gasteiger partial charge in [0.1, 0.15) is 6.61 Å². The summed E-state index contributed by atoms with van der Waals surface area (Å²) in [6.07, 6.45) is -3.61. The molecule has 4 aromatic rings. The van der Waals surface area contributed by atoms with Gasteiger partial charge in [-0.25, -0.2) is 9.48 Å². The number of carbonyl (C=O) groups excluding carboxylic acids is 1. The van der Waals surface area contributed by atoms with Gasteiger partial charge < -0.3 is 4.74 Å². The van der Waals surface area contributed by atoms with Crippen LogP contribution < -0.4 is 5.32 Å². The molecule has 1 heterocycles. The highest BCUT2D eigenvalue weighted by Gasteiger charge is 2.30. The Kier molecular flexibility index (Phi) is 5.93. The molecule has 0 saturated carbocycles. The zero-order valence-corrected chi connectivity index (χ0v) is 16.7. The number of halogens is 3. The number of nitrogens with zero attached hydrogens (tertiary/aromatic N) is 2. The number of hydrogen-bond donors (Lipinski definition) is 1. The van der Waals surface area contributed by atoms with Crippen molar-refractivity contribution in [2.45, 2.75) is 12.8 Å². The summed E-state index contributed by atoms with van der Waals surface area (Å²) >= 11 is 0. The summed E-state index contributed by atoms with van der Waals surface area (Å²) in [5.74, 6) is 0. The van der Waals surface area contributed by atoms with Crippen molar-refractivity contribution in [3.8, 4) is 16.9 Å². The van der Waals surface area contributed by atoms with Gasteiger partial charge in [0.15, 0.2) is 0 Å². The smallest absolute Gasteiger partial charge is 0.416 e. The lowest BCUT2D eigenvalue weighted by molar-refractivity contribution is -0.137. The number of nitrogens with one attached hydrogen (secondary N) is 1. The van der Waals surface area contributed by atoms with Crippen LogP contribution in [0, 0.1) is 0 Å². The van der Waals surface area contributed by atoms with Crippen LogP contribution >= 0.6 is 0 Å². The quantitative estimate of drug-likeness (QED) is 0.398. The average Bonchev–Trinajstić information content (AvgIpc) is 3.23. The second-order valence-corrected chi connectivity index (χ2v) is 6.93. The summed E-state index contributed by atoms with van der Waals surface area (Å²) in [6.45, 7) is -0.109. The number of para-hydroxylation sites is 1. The van der Waals surface area contributed by atoms with Crippen molar-refractivity contribution in [2.24, 2.45) is 0 Å². The Bertz CT molecular complexity index is 1210. The monoisotopic (exact) mass is 437 g/mol. The number of amides is 1. The molecule has 0 saturated heterocycles. The Hall–Kier alpha value is -4.07. The van der Waals surface area contributed by atoms with Gasteiger partial charge in [0.2, 0.25) is 0 Å². The molecule has 32 heavy (non-hydrogen) atoms. The molecular weight excluding hydrogens is 419 g/mol. The minimum atomic E-state index is -4.50. The molecule has 0 aliphatic carbocycles. The molecule has 0 unspecified atom stereocenters. The number of alkyl halides is 3. The van der Waals surface area contributed by atoms with Gasteiger partial charge in [0, 0.05) is 23.0 Å². The predicted octanol–water partition coefficient (Wildman–Crippen LogP) is 6.31. The van der Waals surface area contributed by atoms with E-state index in [0.717, 1.165) is 23.4 Å². The standard InChI is InChI=1S/C24H18F3N3O2/c25-24(26,27)19-10-7-11-20(14-19)28-23(31)32-16-18-15-30(21-12-5-2-6-13-21)29-22(18)17-8-3-1-4-9-17/h1-15H,16H2,(H,28,31). The van der Waals surface area contributed by atoms with Crippen molar-refractivity contribution in [1.29, 1.82) is 0 Å². The molecule has 0 radical (unpaired) electrons. The largest absolute Gasteiger partial charge is 0.444 e. The van der Waals surface area contributed by atoms with Crippen LogP contribution in [0.1, 0.15) is 11.1 Å². The van der Waals surface area contributed by atoms with Crippen molar-refractivity contribution >= 4 is 11.8 Å². The van der Waals surface area contributed by atoms with Crippen LogP contribution in [0.4, 0.5) is 23.7 Å². The zero-order valence-electron chi connectivity index (χ0n) is 16.7. The van der Waals surface area contributed by atoms with Gasteiger partial charge in [-0.1, -0.05) is 54.6 Å². The van der Waals surface area contributed by atoms with Crippen LogP contribution in [0.3, 0.4) is 0 Å². The van der Waals surface area contributed by atoms with Gasteiger partial charge in [0.25, 0.3) is 0 Å². The van der Waals surface area contributed by atoms with Gasteiger partial charge in [-0.15, -0.1) is 0 Å². The molecule has 4 rings (SSSR count). The first kappa shape index (κ1) is 21.2. The van der Waals surface area contributed by atoms with E-state index in [0.29, 0.717) is 11.3 Å². The van der Waals surface area contributed by atoms with E-state index in [2.05, 4.69) is 10.4 Å². The molecular formula is C24H18F3N3O2. The third-order valence-corrected chi connectivity index (χ3v) is 4.65. The van der Waals surface area contributed by atoms with E-state index in [-0.39, 0.29) is 12.3 Å². The van der Waals surface area contributed by atoms with Crippen molar-refractivity contribution in [2.75, 3.05) is 5.32 Å². The first-order valence-electron chi connectivity index (χ1n) is 9.70. The fraction of sp³-hybridized carbons (Fsp3) is 0.0833. The Labute approximate surface area is 182 Å². The molecule has 1 amide bonds. The number of benzene rings is 3. The maximum absolute atomic E-state index is 12.9. The van der Waals surface area contributed by atoms with E-state index in [9.17, 15) is 18.0 Å². The highest BCUT2D eigenvalue weighted by molar-refractivity contribution is 5.84. The number of aromatic nitrogens is 2. The Morgan fingerprint density at radius 1 is 0.938 bits per heavy atom. The third-order valence-electron chi connectivity index (χ3n) is 4.65. The molecule has 1 N–H and O–H groups in total. The second-order valence-electron chi connectivity index (χ2n) is 6.93. The summed E-state index contributed by atoms with van der Waals surface area (Å²) in [7, 11) is 0. The number of anilines is 1. The van der Waals surface area contributed by atoms with Crippen LogP contribution in [0.5, 0.6) is 0 Å². The van der Waals surface area contributed by atoms with Crippen LogP contribution in [-0.2, 0) is 17.5 Å². The molecule has 1 aromatic heterocycles. The maximum atomic E-state index is 12.9. The topological polar surface area (TPSA) is 56.1 Å². The molecule has 3 aromatic carbocycles. The number of hydrogen-bond acceptors (Lipinski definition) is 3. The number of carbonyl (C=O) groups is 1. The Morgan fingerprint density at radius 3 is 2.31 bits per heavy atom. The molecule has 0 atom stereocenters. The number of ether oxygens (including phenoxy) is 1. The van der Waals surface area contributed by atoms with Gasteiger partial charge in [-0.05, 0) is 30.3 Å². The van der Waals surface area contributed by atoms with E-state index < -0.39 is 17.8 Å². The summed E-state index contributed by atoms with van der Waals surface area (Å²) < 4.78 is 45.6. The first-order chi connectivity index (χ1) is 15.4. The molecule has 0 bridgehead atoms. The first-order valence-corrected chi connectivity index (χ1v) is 9.70. The minimum Gasteiger partial charge on any atom is -0.444 e. The van der Waals surface area contributed by atoms with Crippen LogP contribution in [-0.4, -0.2) is 15.9 Å². The normalized spacial score (nSPS) is 11.2. The second kappa shape index (κ2) is 8.97. The third kappa shape index (κ3) is 4.97. The number of rotatable bonds is 5. The lowest BCUT2D eigenvalue weighted by atomic mass is 10.1. The lowest BCUT2D eigenvalue weighted by Crippen LogP contribution is -2.14. The highest BCUT2D eigenvalue weighted by atomic mass is 19.4. The van der Waals surface area contributed by atoms with Crippen LogP contribution in [0.25, 0.3) is 16.9 Å². The van der Waals surface area contributed by atoms with E-state index in [4.69, 9.17) is 4.74 Å². The van der Waals surface area contributed by atoms with Crippen molar-refractivity contribution in [3.05, 3.63) is 102 Å². The maximum Gasteiger partial charge on any atom is 0.416 e. The lowest BCUT2D eigenvalue weighted by Gasteiger charge is -2.10. The summed E-state index contributed by atoms with van der Waals surface area (Å²) in [5.41, 5.74) is 2.11. The molecule has 0 fully saturated rings. The van der Waals surface area contributed by atoms with Crippen molar-refractivity contribution in [3.63, 3.8) is 0 Å². The summed E-state index contributed by atoms with van der Waals surface area (Å²) in [6, 6.07) is 23.2. The molecule has 5 nitrogen and oxygen atoms in total. The SMILES string of the molecule is O=C(Nc1cccc(C(F)(F)F)c1)OCc1cn(-c2ccccc2)nc1-c1ccccc1. The van der Waals surface area contributed by atoms with Crippen molar-refractivity contribution in [1.82, 2.24) is 9.78 Å². The van der Waals surface area contributed by atoms with Crippen molar-refractivity contribution < 1.29 is 22.7 Å². The van der Waals surface area contributed by atoms with Gasteiger partial charge in [-0.3, -0.25) is 5.32 Å². The van der Waals surface area contributed by atoms with E-state index in [1.165, 1.54) is 12.1 Å². The molecule has 0 spiro atoms. The van der Waals surface area contributed by atoms with Gasteiger partial charge in [-0.2, -0.15) is 18.3 Å². The highest BCUT2D eigenvalue weighted by Crippen LogP contribution is 2.31. The summed E-state index contributed by atoms with van der Waals surface area (Å²) in [4.78, 5) is 12.2. The molecule has 8 heteroatoms. The molecule has 0 aliphatic rings. The average molecular weight is 437 g/mol. The fourth-order valence-electron chi connectivity index (χ4n) is 3.14. The Morgan fingerprint density at radius 2 is 1.62 bits per heavy atom. The minimum absolute atomic E-state index is 0.00640. The fourth-order valence-corrected chi connectivity index (χ4v) is 3.14. The van der Waals surface area contributed by atoms with Crippen LogP contribution in [0.15, 0.2) is 91.1 Å². The van der Waals surface area contributed by atoms with E-state index in [1.807, 2.05) is 60.7 Å². The van der Waals surface area contributed by atoms with Gasteiger partial charge >= 0.3 is 12.3 Å². The zero-order chi connectivity index (χ0) is 22.6. The van der Waals surface area contributed by atoms with Crippen LogP contribution in [0.2, 0.25) is 0 Å². The van der Waals surface area contributed by atoms with E-state index in [1.54, 1.807) is 10.9 Å².